The quantitative estimate of drug-likeness (QED) is 0.779. The molecule has 1 amide bonds. The van der Waals surface area contributed by atoms with E-state index in [9.17, 15) is 22.4 Å². The van der Waals surface area contributed by atoms with Crippen molar-refractivity contribution in [2.24, 2.45) is 5.41 Å². The Morgan fingerprint density at radius 1 is 1.22 bits per heavy atom. The van der Waals surface area contributed by atoms with E-state index in [0.29, 0.717) is 0 Å². The maximum atomic E-state index is 14.3. The van der Waals surface area contributed by atoms with Gasteiger partial charge in [-0.05, 0) is 32.9 Å². The second-order valence-electron chi connectivity index (χ2n) is 7.99. The number of imidazole rings is 1. The molecule has 0 radical (unpaired) electrons. The molecule has 0 spiro atoms. The smallest absolute Gasteiger partial charge is 0.304 e. The summed E-state index contributed by atoms with van der Waals surface area (Å²) < 4.78 is 54.9. The number of benzene rings is 1. The summed E-state index contributed by atoms with van der Waals surface area (Å²) in [6.45, 7) is 7.15. The molecule has 1 heterocycles. The highest BCUT2D eigenvalue weighted by molar-refractivity contribution is 5.92. The number of hydrogen-bond donors (Lipinski definition) is 1. The number of nitrogens with zero attached hydrogens (tertiary/aromatic N) is 3. The van der Waals surface area contributed by atoms with Crippen molar-refractivity contribution >= 4 is 22.9 Å². The summed E-state index contributed by atoms with van der Waals surface area (Å²) in [6, 6.07) is 4.28. The minimum atomic E-state index is -4.55. The van der Waals surface area contributed by atoms with E-state index < -0.39 is 35.3 Å². The average Bonchev–Trinajstić information content (AvgIpc) is 2.83. The van der Waals surface area contributed by atoms with Gasteiger partial charge >= 0.3 is 6.18 Å². The molecule has 2 aromatic rings. The predicted octanol–water partition coefficient (Wildman–Crippen LogP) is 4.72. The fourth-order valence-corrected chi connectivity index (χ4v) is 2.63. The number of nitriles is 1. The Labute approximate surface area is 154 Å². The van der Waals surface area contributed by atoms with Crippen molar-refractivity contribution in [2.45, 2.75) is 52.8 Å². The minimum Gasteiger partial charge on any atom is -0.304 e. The molecule has 0 aliphatic carbocycles. The van der Waals surface area contributed by atoms with E-state index in [4.69, 9.17) is 5.26 Å². The highest BCUT2D eigenvalue weighted by Crippen LogP contribution is 2.40. The van der Waals surface area contributed by atoms with Crippen LogP contribution in [0.3, 0.4) is 0 Å². The SMILES string of the molecule is CC(C)(C)n1c(NC(=O)CC(C)(C)C(F)(F)F)nc2c(F)cc(C#N)cc21. The molecule has 0 fully saturated rings. The molecule has 2 rings (SSSR count). The normalized spacial score (nSPS) is 12.9. The van der Waals surface area contributed by atoms with Crippen LogP contribution in [0.15, 0.2) is 12.1 Å². The Morgan fingerprint density at radius 2 is 1.81 bits per heavy atom. The van der Waals surface area contributed by atoms with Gasteiger partial charge in [0, 0.05) is 12.0 Å². The lowest BCUT2D eigenvalue weighted by Gasteiger charge is -2.28. The summed E-state index contributed by atoms with van der Waals surface area (Å²) >= 11 is 0. The van der Waals surface area contributed by atoms with Gasteiger partial charge in [0.05, 0.1) is 22.6 Å². The third kappa shape index (κ3) is 4.04. The summed E-state index contributed by atoms with van der Waals surface area (Å²) in [4.78, 5) is 16.3. The van der Waals surface area contributed by atoms with Gasteiger partial charge in [-0.2, -0.15) is 18.4 Å². The largest absolute Gasteiger partial charge is 0.394 e. The van der Waals surface area contributed by atoms with Crippen LogP contribution in [-0.2, 0) is 10.3 Å². The lowest BCUT2D eigenvalue weighted by atomic mass is 9.88. The first kappa shape index (κ1) is 20.7. The molecule has 1 aromatic carbocycles. The van der Waals surface area contributed by atoms with Gasteiger partial charge in [-0.25, -0.2) is 9.37 Å². The van der Waals surface area contributed by atoms with Crippen LogP contribution in [0.4, 0.5) is 23.5 Å². The number of nitrogens with one attached hydrogen (secondary N) is 1. The molecular weight excluding hydrogens is 364 g/mol. The van der Waals surface area contributed by atoms with Crippen LogP contribution in [0.25, 0.3) is 11.0 Å². The van der Waals surface area contributed by atoms with E-state index in [1.165, 1.54) is 10.6 Å². The summed E-state index contributed by atoms with van der Waals surface area (Å²) in [7, 11) is 0. The Hall–Kier alpha value is -2.63. The van der Waals surface area contributed by atoms with E-state index in [-0.39, 0.29) is 22.5 Å². The predicted molar refractivity (Wildman–Crippen MR) is 92.5 cm³/mol. The van der Waals surface area contributed by atoms with E-state index in [1.54, 1.807) is 20.8 Å². The Kier molecular flexibility index (Phi) is 4.99. The lowest BCUT2D eigenvalue weighted by Crippen LogP contribution is -2.36. The average molecular weight is 384 g/mol. The van der Waals surface area contributed by atoms with Gasteiger partial charge in [-0.1, -0.05) is 13.8 Å². The molecule has 1 N–H and O–H groups in total. The van der Waals surface area contributed by atoms with Crippen molar-refractivity contribution in [3.63, 3.8) is 0 Å². The highest BCUT2D eigenvalue weighted by atomic mass is 19.4. The summed E-state index contributed by atoms with van der Waals surface area (Å²) in [5.74, 6) is -1.72. The molecule has 0 aliphatic heterocycles. The van der Waals surface area contributed by atoms with Crippen molar-refractivity contribution < 1.29 is 22.4 Å². The van der Waals surface area contributed by atoms with Crippen LogP contribution < -0.4 is 5.32 Å². The molecule has 0 saturated carbocycles. The standard InChI is InChI=1S/C18H20F4N4O/c1-16(2,3)26-12-7-10(9-23)6-11(19)14(12)25-15(26)24-13(27)8-17(4,5)18(20,21)22/h6-7H,8H2,1-5H3,(H,24,25,27). The number of amides is 1. The topological polar surface area (TPSA) is 70.7 Å². The molecule has 27 heavy (non-hydrogen) atoms. The molecule has 0 aliphatic rings. The first-order chi connectivity index (χ1) is 12.2. The van der Waals surface area contributed by atoms with Gasteiger partial charge in [-0.15, -0.1) is 0 Å². The number of carbonyl (C=O) groups is 1. The van der Waals surface area contributed by atoms with Crippen LogP contribution in [0.1, 0.15) is 46.6 Å². The van der Waals surface area contributed by atoms with Crippen molar-refractivity contribution in [3.05, 3.63) is 23.5 Å². The number of anilines is 1. The minimum absolute atomic E-state index is 0.0708. The fraction of sp³-hybridized carbons (Fsp3) is 0.500. The second-order valence-corrected chi connectivity index (χ2v) is 7.99. The van der Waals surface area contributed by atoms with Gasteiger partial charge < -0.3 is 4.57 Å². The number of alkyl halides is 3. The molecule has 0 bridgehead atoms. The molecule has 5 nitrogen and oxygen atoms in total. The first-order valence-electron chi connectivity index (χ1n) is 8.16. The van der Waals surface area contributed by atoms with Gasteiger partial charge in [0.25, 0.3) is 0 Å². The number of fused-ring (bicyclic) bond motifs is 1. The summed E-state index contributed by atoms with van der Waals surface area (Å²) in [5, 5.41) is 11.4. The molecule has 0 saturated heterocycles. The van der Waals surface area contributed by atoms with Gasteiger partial charge in [-0.3, -0.25) is 10.1 Å². The van der Waals surface area contributed by atoms with Crippen molar-refractivity contribution in [2.75, 3.05) is 5.32 Å². The second kappa shape index (κ2) is 6.51. The van der Waals surface area contributed by atoms with Crippen LogP contribution in [0.5, 0.6) is 0 Å². The van der Waals surface area contributed by atoms with Crippen molar-refractivity contribution in [1.29, 1.82) is 5.26 Å². The lowest BCUT2D eigenvalue weighted by molar-refractivity contribution is -0.213. The molecule has 0 atom stereocenters. The summed E-state index contributed by atoms with van der Waals surface area (Å²) in [6.07, 6.45) is -5.36. The third-order valence-corrected chi connectivity index (χ3v) is 4.13. The molecular formula is C18H20F4N4O. The highest BCUT2D eigenvalue weighted by Gasteiger charge is 2.48. The maximum Gasteiger partial charge on any atom is 0.394 e. The number of halogens is 4. The van der Waals surface area contributed by atoms with Crippen molar-refractivity contribution in [3.8, 4) is 6.07 Å². The monoisotopic (exact) mass is 384 g/mol. The molecule has 9 heteroatoms. The summed E-state index contributed by atoms with van der Waals surface area (Å²) in [5.41, 5.74) is -2.65. The Morgan fingerprint density at radius 3 is 2.30 bits per heavy atom. The Balaban J connectivity index is 2.51. The number of rotatable bonds is 3. The number of carbonyl (C=O) groups excluding carboxylic acids is 1. The zero-order valence-corrected chi connectivity index (χ0v) is 15.6. The number of hydrogen-bond acceptors (Lipinski definition) is 3. The van der Waals surface area contributed by atoms with Crippen LogP contribution in [-0.4, -0.2) is 21.6 Å². The van der Waals surface area contributed by atoms with Gasteiger partial charge in [0.15, 0.2) is 5.82 Å². The zero-order valence-electron chi connectivity index (χ0n) is 15.6. The van der Waals surface area contributed by atoms with Gasteiger partial charge in [0.1, 0.15) is 5.52 Å². The van der Waals surface area contributed by atoms with E-state index in [1.807, 2.05) is 6.07 Å². The molecule has 0 unspecified atom stereocenters. The molecule has 146 valence electrons. The number of aromatic nitrogens is 2. The van der Waals surface area contributed by atoms with E-state index in [0.717, 1.165) is 19.9 Å². The van der Waals surface area contributed by atoms with Crippen LogP contribution >= 0.6 is 0 Å². The van der Waals surface area contributed by atoms with E-state index in [2.05, 4.69) is 10.3 Å². The van der Waals surface area contributed by atoms with Crippen LogP contribution in [0.2, 0.25) is 0 Å². The Bertz CT molecular complexity index is 930. The molecule has 1 aromatic heterocycles. The van der Waals surface area contributed by atoms with E-state index >= 15 is 0 Å². The van der Waals surface area contributed by atoms with Crippen LogP contribution in [0, 0.1) is 22.6 Å². The third-order valence-electron chi connectivity index (χ3n) is 4.13. The maximum absolute atomic E-state index is 14.3. The van der Waals surface area contributed by atoms with Gasteiger partial charge in [0.2, 0.25) is 11.9 Å². The first-order valence-corrected chi connectivity index (χ1v) is 8.16. The fourth-order valence-electron chi connectivity index (χ4n) is 2.63. The van der Waals surface area contributed by atoms with Crippen molar-refractivity contribution in [1.82, 2.24) is 9.55 Å². The zero-order chi connectivity index (χ0) is 20.8.